The lowest BCUT2D eigenvalue weighted by molar-refractivity contribution is -0.131. The predicted molar refractivity (Wildman–Crippen MR) is 113 cm³/mol. The number of aromatic nitrogens is 1. The van der Waals surface area contributed by atoms with Crippen LogP contribution in [-0.2, 0) is 9.59 Å². The highest BCUT2D eigenvalue weighted by Crippen LogP contribution is 2.21. The molecule has 3 rings (SSSR count). The van der Waals surface area contributed by atoms with Crippen LogP contribution in [0.25, 0.3) is 17.0 Å². The zero-order valence-electron chi connectivity index (χ0n) is 16.6. The number of nitrogens with one attached hydrogen (secondary N) is 2. The molecule has 0 bridgehead atoms. The molecule has 0 aliphatic carbocycles. The van der Waals surface area contributed by atoms with Gasteiger partial charge in [-0.05, 0) is 50.1 Å². The van der Waals surface area contributed by atoms with Gasteiger partial charge in [0.25, 0.3) is 11.8 Å². The third-order valence-corrected chi connectivity index (χ3v) is 4.61. The molecule has 1 heterocycles. The molecule has 2 aromatic carbocycles. The standard InChI is InChI=1S/C23H23N3O3/c1-15-7-4-11-20(16(15)2)29-17(3)23(28)26-25-21(27)13-12-19-9-5-8-18-10-6-14-24-22(18)19/h4-14,17H,1-3H3,(H,25,27)(H,26,28)/b13-12+. The smallest absolute Gasteiger partial charge is 0.279 e. The topological polar surface area (TPSA) is 80.3 Å². The average molecular weight is 389 g/mol. The summed E-state index contributed by atoms with van der Waals surface area (Å²) in [6, 6.07) is 15.2. The lowest BCUT2D eigenvalue weighted by Crippen LogP contribution is -2.46. The minimum atomic E-state index is -0.762. The summed E-state index contributed by atoms with van der Waals surface area (Å²) in [4.78, 5) is 28.6. The molecule has 0 saturated heterocycles. The fraction of sp³-hybridized carbons (Fsp3) is 0.174. The molecule has 1 aromatic heterocycles. The molecular formula is C23H23N3O3. The number of carbonyl (C=O) groups is 2. The molecule has 0 spiro atoms. The summed E-state index contributed by atoms with van der Waals surface area (Å²) >= 11 is 0. The van der Waals surface area contributed by atoms with Gasteiger partial charge in [0, 0.05) is 23.2 Å². The largest absolute Gasteiger partial charge is 0.481 e. The summed E-state index contributed by atoms with van der Waals surface area (Å²) in [5.74, 6) is -0.257. The van der Waals surface area contributed by atoms with Crippen molar-refractivity contribution in [3.8, 4) is 5.75 Å². The maximum Gasteiger partial charge on any atom is 0.279 e. The second-order valence-electron chi connectivity index (χ2n) is 6.69. The Labute approximate surface area is 169 Å². The number of hydrazine groups is 1. The van der Waals surface area contributed by atoms with Gasteiger partial charge in [0.1, 0.15) is 5.75 Å². The average Bonchev–Trinajstić information content (AvgIpc) is 2.73. The number of hydrogen-bond acceptors (Lipinski definition) is 4. The van der Waals surface area contributed by atoms with Crippen molar-refractivity contribution in [3.05, 3.63) is 77.5 Å². The van der Waals surface area contributed by atoms with E-state index < -0.39 is 17.9 Å². The highest BCUT2D eigenvalue weighted by Gasteiger charge is 2.16. The van der Waals surface area contributed by atoms with Crippen LogP contribution in [0.4, 0.5) is 0 Å². The Morgan fingerprint density at radius 2 is 1.79 bits per heavy atom. The maximum atomic E-state index is 12.2. The molecule has 0 aliphatic heterocycles. The number of aryl methyl sites for hydroxylation is 1. The molecule has 0 fully saturated rings. The Kier molecular flexibility index (Phi) is 6.24. The first-order valence-corrected chi connectivity index (χ1v) is 9.30. The molecule has 2 N–H and O–H groups in total. The zero-order valence-corrected chi connectivity index (χ0v) is 16.6. The highest BCUT2D eigenvalue weighted by molar-refractivity contribution is 5.96. The summed E-state index contributed by atoms with van der Waals surface area (Å²) in [6.07, 6.45) is 3.95. The molecule has 0 saturated carbocycles. The number of para-hydroxylation sites is 1. The number of benzene rings is 2. The number of hydrogen-bond donors (Lipinski definition) is 2. The summed E-state index contributed by atoms with van der Waals surface area (Å²) in [6.45, 7) is 5.54. The molecule has 6 heteroatoms. The first-order chi connectivity index (χ1) is 14.0. The van der Waals surface area contributed by atoms with Crippen LogP contribution < -0.4 is 15.6 Å². The summed E-state index contributed by atoms with van der Waals surface area (Å²) in [5.41, 5.74) is 8.42. The van der Waals surface area contributed by atoms with E-state index in [1.54, 1.807) is 19.2 Å². The quantitative estimate of drug-likeness (QED) is 0.517. The van der Waals surface area contributed by atoms with E-state index in [1.165, 1.54) is 6.08 Å². The van der Waals surface area contributed by atoms with Gasteiger partial charge >= 0.3 is 0 Å². The van der Waals surface area contributed by atoms with E-state index in [0.29, 0.717) is 5.75 Å². The van der Waals surface area contributed by atoms with Gasteiger partial charge in [-0.25, -0.2) is 0 Å². The Morgan fingerprint density at radius 3 is 2.62 bits per heavy atom. The molecule has 6 nitrogen and oxygen atoms in total. The van der Waals surface area contributed by atoms with Gasteiger partial charge in [-0.1, -0.05) is 36.4 Å². The molecular weight excluding hydrogens is 366 g/mol. The van der Waals surface area contributed by atoms with Crippen LogP contribution in [0.2, 0.25) is 0 Å². The molecule has 29 heavy (non-hydrogen) atoms. The predicted octanol–water partition coefficient (Wildman–Crippen LogP) is 3.48. The second-order valence-corrected chi connectivity index (χ2v) is 6.69. The number of nitrogens with zero attached hydrogens (tertiary/aromatic N) is 1. The molecule has 0 aliphatic rings. The van der Waals surface area contributed by atoms with E-state index >= 15 is 0 Å². The minimum Gasteiger partial charge on any atom is -0.481 e. The van der Waals surface area contributed by atoms with Crippen molar-refractivity contribution >= 4 is 28.8 Å². The molecule has 0 radical (unpaired) electrons. The molecule has 1 unspecified atom stereocenters. The van der Waals surface area contributed by atoms with Gasteiger partial charge in [-0.3, -0.25) is 25.4 Å². The fourth-order valence-corrected chi connectivity index (χ4v) is 2.79. The van der Waals surface area contributed by atoms with Crippen LogP contribution in [0, 0.1) is 13.8 Å². The number of rotatable bonds is 5. The van der Waals surface area contributed by atoms with E-state index in [-0.39, 0.29) is 0 Å². The molecule has 1 atom stereocenters. The van der Waals surface area contributed by atoms with Gasteiger partial charge in [0.2, 0.25) is 0 Å². The van der Waals surface area contributed by atoms with Crippen molar-refractivity contribution in [2.45, 2.75) is 26.9 Å². The van der Waals surface area contributed by atoms with Crippen LogP contribution >= 0.6 is 0 Å². The van der Waals surface area contributed by atoms with Crippen LogP contribution in [0.1, 0.15) is 23.6 Å². The van der Waals surface area contributed by atoms with Crippen molar-refractivity contribution in [2.24, 2.45) is 0 Å². The van der Waals surface area contributed by atoms with Crippen molar-refractivity contribution in [1.82, 2.24) is 15.8 Å². The Hall–Kier alpha value is -3.67. The normalized spacial score (nSPS) is 12.0. The van der Waals surface area contributed by atoms with Crippen molar-refractivity contribution in [1.29, 1.82) is 0 Å². The van der Waals surface area contributed by atoms with Gasteiger partial charge in [-0.2, -0.15) is 0 Å². The Balaban J connectivity index is 1.56. The number of fused-ring (bicyclic) bond motifs is 1. The Bertz CT molecular complexity index is 1070. The van der Waals surface area contributed by atoms with Gasteiger partial charge in [0.05, 0.1) is 5.52 Å². The fourth-order valence-electron chi connectivity index (χ4n) is 2.79. The van der Waals surface area contributed by atoms with E-state index in [2.05, 4.69) is 15.8 Å². The molecule has 148 valence electrons. The third kappa shape index (κ3) is 4.99. The lowest BCUT2D eigenvalue weighted by Gasteiger charge is -2.17. The number of pyridine rings is 1. The zero-order chi connectivity index (χ0) is 20.8. The van der Waals surface area contributed by atoms with Gasteiger partial charge in [0.15, 0.2) is 6.10 Å². The van der Waals surface area contributed by atoms with E-state index in [0.717, 1.165) is 27.6 Å². The van der Waals surface area contributed by atoms with Crippen LogP contribution in [0.5, 0.6) is 5.75 Å². The van der Waals surface area contributed by atoms with E-state index in [4.69, 9.17) is 4.74 Å². The van der Waals surface area contributed by atoms with Crippen molar-refractivity contribution in [2.75, 3.05) is 0 Å². The number of carbonyl (C=O) groups excluding carboxylic acids is 2. The highest BCUT2D eigenvalue weighted by atomic mass is 16.5. The van der Waals surface area contributed by atoms with Crippen molar-refractivity contribution < 1.29 is 14.3 Å². The first-order valence-electron chi connectivity index (χ1n) is 9.30. The van der Waals surface area contributed by atoms with E-state index in [1.807, 2.05) is 62.4 Å². The number of amides is 2. The van der Waals surface area contributed by atoms with Crippen LogP contribution in [0.3, 0.4) is 0 Å². The summed E-state index contributed by atoms with van der Waals surface area (Å²) in [7, 11) is 0. The van der Waals surface area contributed by atoms with Crippen molar-refractivity contribution in [3.63, 3.8) is 0 Å². The number of ether oxygens (including phenoxy) is 1. The molecule has 2 amide bonds. The lowest BCUT2D eigenvalue weighted by atomic mass is 10.1. The van der Waals surface area contributed by atoms with Crippen LogP contribution in [-0.4, -0.2) is 22.9 Å². The summed E-state index contributed by atoms with van der Waals surface area (Å²) < 4.78 is 5.71. The monoisotopic (exact) mass is 389 g/mol. The van der Waals surface area contributed by atoms with Gasteiger partial charge in [-0.15, -0.1) is 0 Å². The Morgan fingerprint density at radius 1 is 1.03 bits per heavy atom. The van der Waals surface area contributed by atoms with E-state index in [9.17, 15) is 9.59 Å². The minimum absolute atomic E-state index is 0.445. The summed E-state index contributed by atoms with van der Waals surface area (Å²) in [5, 5.41) is 0.987. The maximum absolute atomic E-state index is 12.2. The first kappa shape index (κ1) is 20.1. The third-order valence-electron chi connectivity index (χ3n) is 4.61. The molecule has 3 aromatic rings. The second kappa shape index (κ2) is 9.01. The van der Waals surface area contributed by atoms with Crippen LogP contribution in [0.15, 0.2) is 60.8 Å². The SMILES string of the molecule is Cc1cccc(OC(C)C(=O)NNC(=O)/C=C/c2cccc3cccnc23)c1C. The van der Waals surface area contributed by atoms with Gasteiger partial charge < -0.3 is 4.74 Å².